The molecule has 1 aromatic carbocycles. The van der Waals surface area contributed by atoms with E-state index in [4.69, 9.17) is 9.84 Å². The zero-order valence-electron chi connectivity index (χ0n) is 11.0. The molecule has 0 bridgehead atoms. The van der Waals surface area contributed by atoms with E-state index in [0.29, 0.717) is 6.61 Å². The molecule has 3 nitrogen and oxygen atoms in total. The van der Waals surface area contributed by atoms with Crippen molar-refractivity contribution in [3.63, 3.8) is 0 Å². The Bertz CT molecular complexity index is 315. The Balaban J connectivity index is 2.36. The summed E-state index contributed by atoms with van der Waals surface area (Å²) in [7, 11) is 0. The zero-order valence-corrected chi connectivity index (χ0v) is 11.0. The molecule has 0 spiro atoms. The molecule has 0 radical (unpaired) electrons. The minimum absolute atomic E-state index is 0.177. The number of rotatable bonds is 7. The van der Waals surface area contributed by atoms with Crippen molar-refractivity contribution in [3.05, 3.63) is 29.3 Å². The molecule has 1 rings (SSSR count). The van der Waals surface area contributed by atoms with Crippen LogP contribution in [0.4, 0.5) is 0 Å². The van der Waals surface area contributed by atoms with Crippen LogP contribution in [0.1, 0.15) is 24.5 Å². The second kappa shape index (κ2) is 7.30. The van der Waals surface area contributed by atoms with Crippen LogP contribution < -0.4 is 10.1 Å². The van der Waals surface area contributed by atoms with Crippen molar-refractivity contribution in [2.24, 2.45) is 0 Å². The molecule has 0 saturated heterocycles. The lowest BCUT2D eigenvalue weighted by atomic mass is 10.1. The summed E-state index contributed by atoms with van der Waals surface area (Å²) in [6.45, 7) is 7.73. The van der Waals surface area contributed by atoms with Gasteiger partial charge in [0.2, 0.25) is 0 Å². The van der Waals surface area contributed by atoms with Crippen molar-refractivity contribution in [1.82, 2.24) is 5.32 Å². The van der Waals surface area contributed by atoms with E-state index < -0.39 is 0 Å². The Morgan fingerprint density at radius 2 is 1.94 bits per heavy atom. The summed E-state index contributed by atoms with van der Waals surface area (Å²) in [4.78, 5) is 0. The molecule has 3 heteroatoms. The number of para-hydroxylation sites is 1. The largest absolute Gasteiger partial charge is 0.492 e. The molecule has 0 fully saturated rings. The molecule has 0 aromatic heterocycles. The first kappa shape index (κ1) is 14.0. The number of nitrogens with one attached hydrogen (secondary N) is 1. The van der Waals surface area contributed by atoms with Gasteiger partial charge in [0.25, 0.3) is 0 Å². The van der Waals surface area contributed by atoms with Crippen LogP contribution in [0.5, 0.6) is 5.75 Å². The summed E-state index contributed by atoms with van der Waals surface area (Å²) in [6.07, 6.45) is 0.930. The molecule has 17 heavy (non-hydrogen) atoms. The summed E-state index contributed by atoms with van der Waals surface area (Å²) in [5.41, 5.74) is 2.33. The highest BCUT2D eigenvalue weighted by molar-refractivity contribution is 5.39. The minimum atomic E-state index is 0.177. The first-order valence-corrected chi connectivity index (χ1v) is 6.22. The maximum atomic E-state index is 9.03. The number of aliphatic hydroxyl groups is 1. The molecule has 1 atom stereocenters. The Hall–Kier alpha value is -1.06. The van der Waals surface area contributed by atoms with E-state index in [0.717, 1.165) is 18.7 Å². The maximum absolute atomic E-state index is 9.03. The van der Waals surface area contributed by atoms with E-state index in [1.54, 1.807) is 0 Å². The van der Waals surface area contributed by atoms with Crippen LogP contribution in [-0.2, 0) is 0 Å². The molecule has 96 valence electrons. The third-order valence-electron chi connectivity index (χ3n) is 2.90. The van der Waals surface area contributed by atoms with Gasteiger partial charge in [0, 0.05) is 12.6 Å². The third-order valence-corrected chi connectivity index (χ3v) is 2.90. The molecule has 0 aliphatic carbocycles. The Kier molecular flexibility index (Phi) is 6.01. The fraction of sp³-hybridized carbons (Fsp3) is 0.571. The van der Waals surface area contributed by atoms with Gasteiger partial charge in [-0.1, -0.05) is 25.1 Å². The van der Waals surface area contributed by atoms with Gasteiger partial charge in [-0.2, -0.15) is 0 Å². The fourth-order valence-corrected chi connectivity index (χ4v) is 1.78. The number of hydrogen-bond donors (Lipinski definition) is 2. The normalized spacial score (nSPS) is 12.5. The van der Waals surface area contributed by atoms with Crippen molar-refractivity contribution in [1.29, 1.82) is 0 Å². The van der Waals surface area contributed by atoms with E-state index >= 15 is 0 Å². The first-order valence-electron chi connectivity index (χ1n) is 6.22. The number of hydrogen-bond acceptors (Lipinski definition) is 3. The Morgan fingerprint density at radius 3 is 2.47 bits per heavy atom. The average molecular weight is 237 g/mol. The Labute approximate surface area is 104 Å². The van der Waals surface area contributed by atoms with Crippen LogP contribution in [0.2, 0.25) is 0 Å². The minimum Gasteiger partial charge on any atom is -0.492 e. The predicted molar refractivity (Wildman–Crippen MR) is 70.6 cm³/mol. The van der Waals surface area contributed by atoms with Crippen molar-refractivity contribution in [3.8, 4) is 5.75 Å². The van der Waals surface area contributed by atoms with E-state index in [-0.39, 0.29) is 12.6 Å². The molecule has 1 aromatic rings. The maximum Gasteiger partial charge on any atom is 0.125 e. The summed E-state index contributed by atoms with van der Waals surface area (Å²) < 4.78 is 5.76. The quantitative estimate of drug-likeness (QED) is 0.713. The first-order chi connectivity index (χ1) is 8.19. The van der Waals surface area contributed by atoms with Crippen LogP contribution in [0.25, 0.3) is 0 Å². The SMILES string of the molecule is CC[C@@H](CO)NCCOc1c(C)cccc1C. The van der Waals surface area contributed by atoms with Gasteiger partial charge in [-0.3, -0.25) is 0 Å². The van der Waals surface area contributed by atoms with Gasteiger partial charge < -0.3 is 15.2 Å². The van der Waals surface area contributed by atoms with Gasteiger partial charge in [-0.15, -0.1) is 0 Å². The molecule has 0 heterocycles. The number of ether oxygens (including phenoxy) is 1. The van der Waals surface area contributed by atoms with E-state index in [2.05, 4.69) is 38.2 Å². The van der Waals surface area contributed by atoms with Crippen molar-refractivity contribution >= 4 is 0 Å². The highest BCUT2D eigenvalue weighted by Gasteiger charge is 2.04. The molecule has 0 aliphatic heterocycles. The van der Waals surface area contributed by atoms with Crippen molar-refractivity contribution < 1.29 is 9.84 Å². The van der Waals surface area contributed by atoms with Gasteiger partial charge in [-0.05, 0) is 31.4 Å². The summed E-state index contributed by atoms with van der Waals surface area (Å²) in [5, 5.41) is 12.3. The lowest BCUT2D eigenvalue weighted by Crippen LogP contribution is -2.34. The zero-order chi connectivity index (χ0) is 12.7. The van der Waals surface area contributed by atoms with Crippen molar-refractivity contribution in [2.75, 3.05) is 19.8 Å². The van der Waals surface area contributed by atoms with E-state index in [1.807, 2.05) is 6.07 Å². The monoisotopic (exact) mass is 237 g/mol. The third kappa shape index (κ3) is 4.36. The van der Waals surface area contributed by atoms with Gasteiger partial charge in [0.15, 0.2) is 0 Å². The lowest BCUT2D eigenvalue weighted by Gasteiger charge is -2.16. The predicted octanol–water partition coefficient (Wildman–Crippen LogP) is 2.04. The lowest BCUT2D eigenvalue weighted by molar-refractivity contribution is 0.227. The molecule has 0 unspecified atom stereocenters. The van der Waals surface area contributed by atoms with Gasteiger partial charge in [0.1, 0.15) is 12.4 Å². The second-order valence-corrected chi connectivity index (χ2v) is 4.31. The van der Waals surface area contributed by atoms with Crippen LogP contribution in [0, 0.1) is 13.8 Å². The van der Waals surface area contributed by atoms with Crippen LogP contribution in [0.15, 0.2) is 18.2 Å². The standard InChI is InChI=1S/C14H23NO2/c1-4-13(10-16)15-8-9-17-14-11(2)6-5-7-12(14)3/h5-7,13,15-16H,4,8-10H2,1-3H3/t13-/m0/s1. The fourth-order valence-electron chi connectivity index (χ4n) is 1.78. The molecule has 0 aliphatic rings. The van der Waals surface area contributed by atoms with E-state index in [9.17, 15) is 0 Å². The molecule has 0 saturated carbocycles. The van der Waals surface area contributed by atoms with Crippen LogP contribution >= 0.6 is 0 Å². The van der Waals surface area contributed by atoms with Crippen LogP contribution in [-0.4, -0.2) is 30.9 Å². The highest BCUT2D eigenvalue weighted by atomic mass is 16.5. The summed E-state index contributed by atoms with van der Waals surface area (Å²) >= 11 is 0. The van der Waals surface area contributed by atoms with Gasteiger partial charge >= 0.3 is 0 Å². The molecular formula is C14H23NO2. The molecule has 0 amide bonds. The number of aryl methyl sites for hydroxylation is 2. The van der Waals surface area contributed by atoms with Gasteiger partial charge in [0.05, 0.1) is 6.61 Å². The van der Waals surface area contributed by atoms with Gasteiger partial charge in [-0.25, -0.2) is 0 Å². The topological polar surface area (TPSA) is 41.5 Å². The Morgan fingerprint density at radius 1 is 1.29 bits per heavy atom. The second-order valence-electron chi connectivity index (χ2n) is 4.31. The number of benzene rings is 1. The summed E-state index contributed by atoms with van der Waals surface area (Å²) in [6, 6.07) is 6.32. The van der Waals surface area contributed by atoms with Crippen LogP contribution in [0.3, 0.4) is 0 Å². The number of aliphatic hydroxyl groups excluding tert-OH is 1. The smallest absolute Gasteiger partial charge is 0.125 e. The van der Waals surface area contributed by atoms with E-state index in [1.165, 1.54) is 11.1 Å². The molecular weight excluding hydrogens is 214 g/mol. The summed E-state index contributed by atoms with van der Waals surface area (Å²) in [5.74, 6) is 0.978. The average Bonchev–Trinajstić information content (AvgIpc) is 2.32. The highest BCUT2D eigenvalue weighted by Crippen LogP contribution is 2.21. The van der Waals surface area contributed by atoms with Crippen molar-refractivity contribution in [2.45, 2.75) is 33.2 Å². The molecule has 2 N–H and O–H groups in total.